The van der Waals surface area contributed by atoms with E-state index >= 15 is 0 Å². The van der Waals surface area contributed by atoms with Crippen LogP contribution in [0.2, 0.25) is 0 Å². The Hall–Kier alpha value is -1.90. The van der Waals surface area contributed by atoms with Crippen molar-refractivity contribution in [1.82, 2.24) is 0 Å². The molecule has 1 nitrogen and oxygen atoms in total. The summed E-state index contributed by atoms with van der Waals surface area (Å²) < 4.78 is 5.85. The molecular weight excluding hydrogens is 272 g/mol. The highest BCUT2D eigenvalue weighted by Gasteiger charge is 2.01. The van der Waals surface area contributed by atoms with E-state index in [9.17, 15) is 0 Å². The molecule has 0 bridgehead atoms. The molecule has 0 aliphatic carbocycles. The molecule has 0 aliphatic rings. The molecule has 0 heterocycles. The van der Waals surface area contributed by atoms with Crippen molar-refractivity contribution in [3.05, 3.63) is 78.4 Å². The molecule has 3 rings (SSSR count). The first kappa shape index (κ1) is 14.1. The summed E-state index contributed by atoms with van der Waals surface area (Å²) in [5, 5.41) is 4.25. The van der Waals surface area contributed by atoms with E-state index in [1.807, 2.05) is 0 Å². The zero-order valence-corrected chi connectivity index (χ0v) is 13.6. The van der Waals surface area contributed by atoms with E-state index in [0.717, 1.165) is 19.3 Å². The van der Waals surface area contributed by atoms with Gasteiger partial charge in [-0.25, -0.2) is 0 Å². The Kier molecular flexibility index (Phi) is 4.82. The third-order valence-electron chi connectivity index (χ3n) is 3.77. The normalized spacial score (nSPS) is 11.4. The van der Waals surface area contributed by atoms with E-state index in [4.69, 9.17) is 4.74 Å². The molecule has 0 aliphatic heterocycles. The van der Waals surface area contributed by atoms with Crippen LogP contribution < -0.4 is 5.19 Å². The molecule has 0 fully saturated rings. The average Bonchev–Trinajstić information content (AvgIpc) is 2.56. The fourth-order valence-electron chi connectivity index (χ4n) is 2.63. The van der Waals surface area contributed by atoms with Crippen LogP contribution >= 0.6 is 0 Å². The highest BCUT2D eigenvalue weighted by atomic mass is 28.2. The van der Waals surface area contributed by atoms with Crippen molar-refractivity contribution in [2.24, 2.45) is 0 Å². The van der Waals surface area contributed by atoms with Crippen molar-refractivity contribution < 1.29 is 4.74 Å². The van der Waals surface area contributed by atoms with E-state index in [1.54, 1.807) is 0 Å². The van der Waals surface area contributed by atoms with Gasteiger partial charge in [-0.3, -0.25) is 0 Å². The summed E-state index contributed by atoms with van der Waals surface area (Å²) >= 11 is 0. The zero-order valence-electron chi connectivity index (χ0n) is 12.2. The van der Waals surface area contributed by atoms with Crippen LogP contribution in [0, 0.1) is 0 Å². The number of hydrogen-bond donors (Lipinski definition) is 0. The smallest absolute Gasteiger partial charge is 0.0856 e. The van der Waals surface area contributed by atoms with E-state index in [2.05, 4.69) is 72.8 Å². The SMILES string of the molecule is c1ccc(CCOC[SiH2]c2cccc3ccccc23)cc1. The average molecular weight is 292 g/mol. The van der Waals surface area contributed by atoms with Crippen molar-refractivity contribution in [2.75, 3.05) is 12.8 Å². The molecule has 21 heavy (non-hydrogen) atoms. The first-order valence-electron chi connectivity index (χ1n) is 7.52. The van der Waals surface area contributed by atoms with E-state index in [0.29, 0.717) is 0 Å². The Balaban J connectivity index is 1.51. The summed E-state index contributed by atoms with van der Waals surface area (Å²) in [6.07, 6.45) is 1.92. The molecule has 0 spiro atoms. The maximum atomic E-state index is 5.85. The maximum absolute atomic E-state index is 5.85. The van der Waals surface area contributed by atoms with E-state index in [1.165, 1.54) is 21.5 Å². The largest absolute Gasteiger partial charge is 0.385 e. The second-order valence-electron chi connectivity index (χ2n) is 5.24. The van der Waals surface area contributed by atoms with Crippen LogP contribution in [-0.2, 0) is 11.2 Å². The summed E-state index contributed by atoms with van der Waals surface area (Å²) in [4.78, 5) is 0. The summed E-state index contributed by atoms with van der Waals surface area (Å²) in [6.45, 7) is 0.821. The van der Waals surface area contributed by atoms with Crippen LogP contribution in [0.1, 0.15) is 5.56 Å². The number of ether oxygens (including phenoxy) is 1. The molecule has 0 unspecified atom stereocenters. The van der Waals surface area contributed by atoms with Crippen molar-refractivity contribution in [3.8, 4) is 0 Å². The van der Waals surface area contributed by atoms with Gasteiger partial charge in [-0.05, 0) is 22.8 Å². The van der Waals surface area contributed by atoms with Crippen LogP contribution in [-0.4, -0.2) is 22.4 Å². The second kappa shape index (κ2) is 7.20. The molecule has 0 aromatic heterocycles. The minimum Gasteiger partial charge on any atom is -0.385 e. The van der Waals surface area contributed by atoms with Gasteiger partial charge in [0.1, 0.15) is 0 Å². The third kappa shape index (κ3) is 3.81. The Labute approximate surface area is 128 Å². The standard InChI is InChI=1S/C19H20OSi/c1-2-7-16(8-3-1)13-14-20-15-21-19-12-6-10-17-9-4-5-11-18(17)19/h1-12H,13-15,21H2. The number of benzene rings is 3. The lowest BCUT2D eigenvalue weighted by atomic mass is 10.1. The monoisotopic (exact) mass is 292 g/mol. The van der Waals surface area contributed by atoms with E-state index < -0.39 is 0 Å². The summed E-state index contributed by atoms with van der Waals surface area (Å²) in [5.41, 5.74) is 1.35. The Bertz CT molecular complexity index is 689. The lowest BCUT2D eigenvalue weighted by Gasteiger charge is -2.07. The molecule has 0 saturated carbocycles. The molecule has 0 atom stereocenters. The third-order valence-corrected chi connectivity index (χ3v) is 5.42. The lowest BCUT2D eigenvalue weighted by molar-refractivity contribution is 0.181. The number of rotatable bonds is 6. The first-order valence-corrected chi connectivity index (χ1v) is 9.22. The van der Waals surface area contributed by atoms with Gasteiger partial charge >= 0.3 is 0 Å². The summed E-state index contributed by atoms with van der Waals surface area (Å²) in [5.74, 6) is 0. The molecular formula is C19H20OSi. The van der Waals surface area contributed by atoms with Gasteiger partial charge in [0.25, 0.3) is 0 Å². The first-order chi connectivity index (χ1) is 10.4. The van der Waals surface area contributed by atoms with Gasteiger partial charge in [-0.15, -0.1) is 0 Å². The topological polar surface area (TPSA) is 9.23 Å². The predicted molar refractivity (Wildman–Crippen MR) is 93.1 cm³/mol. The fourth-order valence-corrected chi connectivity index (χ4v) is 4.09. The fraction of sp³-hybridized carbons (Fsp3) is 0.158. The number of fused-ring (bicyclic) bond motifs is 1. The van der Waals surface area contributed by atoms with Crippen LogP contribution in [0.25, 0.3) is 10.8 Å². The van der Waals surface area contributed by atoms with Gasteiger partial charge in [0.05, 0.1) is 16.1 Å². The molecule has 2 heteroatoms. The Morgan fingerprint density at radius 1 is 0.762 bits per heavy atom. The van der Waals surface area contributed by atoms with Crippen molar-refractivity contribution in [2.45, 2.75) is 6.42 Å². The molecule has 3 aromatic carbocycles. The van der Waals surface area contributed by atoms with Crippen LogP contribution in [0.4, 0.5) is 0 Å². The van der Waals surface area contributed by atoms with Gasteiger partial charge in [-0.1, -0.05) is 78.0 Å². The van der Waals surface area contributed by atoms with Crippen LogP contribution in [0.3, 0.4) is 0 Å². The summed E-state index contributed by atoms with van der Waals surface area (Å²) in [7, 11) is -0.356. The molecule has 0 N–H and O–H groups in total. The second-order valence-corrected chi connectivity index (χ2v) is 6.91. The Morgan fingerprint density at radius 3 is 2.43 bits per heavy atom. The predicted octanol–water partition coefficient (Wildman–Crippen LogP) is 2.85. The van der Waals surface area contributed by atoms with E-state index in [-0.39, 0.29) is 9.52 Å². The molecule has 3 aromatic rings. The van der Waals surface area contributed by atoms with Gasteiger partial charge in [0, 0.05) is 6.23 Å². The highest BCUT2D eigenvalue weighted by Crippen LogP contribution is 2.10. The highest BCUT2D eigenvalue weighted by molar-refractivity contribution is 6.57. The Morgan fingerprint density at radius 2 is 1.52 bits per heavy atom. The van der Waals surface area contributed by atoms with Gasteiger partial charge in [0.2, 0.25) is 0 Å². The van der Waals surface area contributed by atoms with Crippen LogP contribution in [0.5, 0.6) is 0 Å². The number of hydrogen-bond acceptors (Lipinski definition) is 1. The maximum Gasteiger partial charge on any atom is 0.0856 e. The van der Waals surface area contributed by atoms with Crippen molar-refractivity contribution >= 4 is 25.5 Å². The minimum absolute atomic E-state index is 0.356. The lowest BCUT2D eigenvalue weighted by Crippen LogP contribution is -2.21. The summed E-state index contributed by atoms with van der Waals surface area (Å²) in [6, 6.07) is 25.8. The molecule has 0 saturated heterocycles. The molecule has 106 valence electrons. The van der Waals surface area contributed by atoms with Gasteiger partial charge in [0.15, 0.2) is 0 Å². The van der Waals surface area contributed by atoms with Gasteiger partial charge in [-0.2, -0.15) is 0 Å². The van der Waals surface area contributed by atoms with Gasteiger partial charge < -0.3 is 4.74 Å². The van der Waals surface area contributed by atoms with Crippen molar-refractivity contribution in [1.29, 1.82) is 0 Å². The van der Waals surface area contributed by atoms with Crippen LogP contribution in [0.15, 0.2) is 72.8 Å². The molecule has 0 radical (unpaired) electrons. The molecule has 0 amide bonds. The van der Waals surface area contributed by atoms with Crippen molar-refractivity contribution in [3.63, 3.8) is 0 Å². The zero-order chi connectivity index (χ0) is 14.3. The quantitative estimate of drug-likeness (QED) is 0.501. The minimum atomic E-state index is -0.356.